The van der Waals surface area contributed by atoms with Gasteiger partial charge in [-0.1, -0.05) is 0 Å². The summed E-state index contributed by atoms with van der Waals surface area (Å²) in [5.74, 6) is 0.648. The van der Waals surface area contributed by atoms with Crippen LogP contribution in [0.4, 0.5) is 0 Å². The molecule has 1 atom stereocenters. The first-order chi connectivity index (χ1) is 4.20. The molecule has 1 aliphatic rings. The van der Waals surface area contributed by atoms with Gasteiger partial charge in [-0.05, 0) is 19.3 Å². The average Bonchev–Trinajstić information content (AvgIpc) is 2.14. The molecule has 0 unspecified atom stereocenters. The molecular formula is C7H12NO. The third-order valence-corrected chi connectivity index (χ3v) is 1.73. The summed E-state index contributed by atoms with van der Waals surface area (Å²) in [4.78, 5) is 12.5. The molecule has 0 aromatic carbocycles. The molecule has 1 radical (unpaired) electrons. The van der Waals surface area contributed by atoms with Crippen LogP contribution in [0.15, 0.2) is 0 Å². The van der Waals surface area contributed by atoms with Crippen molar-refractivity contribution in [3.8, 4) is 0 Å². The van der Waals surface area contributed by atoms with E-state index in [0.29, 0.717) is 5.92 Å². The molecule has 9 heavy (non-hydrogen) atoms. The number of carbonyl (C=O) groups excluding carboxylic acids is 1. The highest BCUT2D eigenvalue weighted by Crippen LogP contribution is 2.13. The zero-order chi connectivity index (χ0) is 6.85. The SMILES string of the molecule is [CH2][C@@H]1CCN(C(C)=O)C1. The lowest BCUT2D eigenvalue weighted by Gasteiger charge is -2.11. The molecule has 51 valence electrons. The van der Waals surface area contributed by atoms with Crippen LogP contribution in [0, 0.1) is 12.8 Å². The first kappa shape index (κ1) is 6.59. The van der Waals surface area contributed by atoms with Crippen molar-refractivity contribution in [2.45, 2.75) is 13.3 Å². The van der Waals surface area contributed by atoms with Gasteiger partial charge in [0.1, 0.15) is 0 Å². The molecule has 1 amide bonds. The predicted molar refractivity (Wildman–Crippen MR) is 35.7 cm³/mol. The summed E-state index contributed by atoms with van der Waals surface area (Å²) >= 11 is 0. The number of amides is 1. The van der Waals surface area contributed by atoms with Gasteiger partial charge < -0.3 is 4.90 Å². The van der Waals surface area contributed by atoms with E-state index in [-0.39, 0.29) is 5.91 Å². The minimum atomic E-state index is 0.182. The minimum Gasteiger partial charge on any atom is -0.343 e. The molecule has 0 spiro atoms. The molecule has 0 saturated carbocycles. The molecule has 0 aromatic heterocycles. The second kappa shape index (κ2) is 2.38. The third-order valence-electron chi connectivity index (χ3n) is 1.73. The van der Waals surface area contributed by atoms with Gasteiger partial charge in [0.2, 0.25) is 5.91 Å². The second-order valence-electron chi connectivity index (χ2n) is 2.62. The Morgan fingerprint density at radius 2 is 2.44 bits per heavy atom. The van der Waals surface area contributed by atoms with E-state index < -0.39 is 0 Å². The molecule has 1 aliphatic heterocycles. The van der Waals surface area contributed by atoms with E-state index in [0.717, 1.165) is 19.5 Å². The first-order valence-electron chi connectivity index (χ1n) is 3.28. The maximum Gasteiger partial charge on any atom is 0.219 e. The second-order valence-corrected chi connectivity index (χ2v) is 2.62. The van der Waals surface area contributed by atoms with Gasteiger partial charge in [0, 0.05) is 20.0 Å². The van der Waals surface area contributed by atoms with Gasteiger partial charge in [0.25, 0.3) is 0 Å². The molecule has 1 heterocycles. The van der Waals surface area contributed by atoms with Crippen molar-refractivity contribution in [3.63, 3.8) is 0 Å². The Kier molecular flexibility index (Phi) is 1.74. The van der Waals surface area contributed by atoms with Crippen molar-refractivity contribution in [2.75, 3.05) is 13.1 Å². The summed E-state index contributed by atoms with van der Waals surface area (Å²) in [6, 6.07) is 0. The van der Waals surface area contributed by atoms with E-state index in [9.17, 15) is 4.79 Å². The highest BCUT2D eigenvalue weighted by atomic mass is 16.2. The van der Waals surface area contributed by atoms with E-state index in [1.165, 1.54) is 0 Å². The number of carbonyl (C=O) groups is 1. The number of nitrogens with zero attached hydrogens (tertiary/aromatic N) is 1. The van der Waals surface area contributed by atoms with Gasteiger partial charge >= 0.3 is 0 Å². The van der Waals surface area contributed by atoms with Gasteiger partial charge in [0.15, 0.2) is 0 Å². The normalized spacial score (nSPS) is 26.9. The molecule has 0 bridgehead atoms. The van der Waals surface area contributed by atoms with Crippen LogP contribution >= 0.6 is 0 Å². The monoisotopic (exact) mass is 126 g/mol. The Bertz CT molecular complexity index is 122. The molecule has 1 rings (SSSR count). The topological polar surface area (TPSA) is 20.3 Å². The summed E-state index contributed by atoms with van der Waals surface area (Å²) in [6.45, 7) is 7.25. The summed E-state index contributed by atoms with van der Waals surface area (Å²) < 4.78 is 0. The Morgan fingerprint density at radius 1 is 1.78 bits per heavy atom. The van der Waals surface area contributed by atoms with Crippen LogP contribution in [0.1, 0.15) is 13.3 Å². The van der Waals surface area contributed by atoms with Crippen molar-refractivity contribution < 1.29 is 4.79 Å². The lowest BCUT2D eigenvalue weighted by atomic mass is 10.2. The predicted octanol–water partition coefficient (Wildman–Crippen LogP) is 0.689. The number of likely N-dealkylation sites (tertiary alicyclic amines) is 1. The largest absolute Gasteiger partial charge is 0.343 e. The molecule has 0 N–H and O–H groups in total. The smallest absolute Gasteiger partial charge is 0.219 e. The fourth-order valence-electron chi connectivity index (χ4n) is 1.12. The van der Waals surface area contributed by atoms with Gasteiger partial charge in [-0.15, -0.1) is 0 Å². The first-order valence-corrected chi connectivity index (χ1v) is 3.28. The maximum atomic E-state index is 10.7. The standard InChI is InChI=1S/C7H12NO/c1-6-3-4-8(5-6)7(2)9/h6H,1,3-5H2,2H3/t6-/m1/s1. The Hall–Kier alpha value is -0.530. The van der Waals surface area contributed by atoms with E-state index in [1.54, 1.807) is 6.92 Å². The van der Waals surface area contributed by atoms with Crippen LogP contribution in [0.3, 0.4) is 0 Å². The van der Waals surface area contributed by atoms with Crippen molar-refractivity contribution in [1.29, 1.82) is 0 Å². The summed E-state index contributed by atoms with van der Waals surface area (Å²) in [6.07, 6.45) is 1.07. The number of hydrogen-bond donors (Lipinski definition) is 0. The Labute approximate surface area is 55.8 Å². The van der Waals surface area contributed by atoms with Crippen molar-refractivity contribution in [3.05, 3.63) is 6.92 Å². The average molecular weight is 126 g/mol. The zero-order valence-electron chi connectivity index (χ0n) is 5.76. The number of hydrogen-bond acceptors (Lipinski definition) is 1. The fourth-order valence-corrected chi connectivity index (χ4v) is 1.12. The third kappa shape index (κ3) is 1.44. The van der Waals surface area contributed by atoms with Crippen LogP contribution in [-0.4, -0.2) is 23.9 Å². The van der Waals surface area contributed by atoms with E-state index in [2.05, 4.69) is 6.92 Å². The van der Waals surface area contributed by atoms with Gasteiger partial charge in [-0.25, -0.2) is 0 Å². The van der Waals surface area contributed by atoms with Crippen molar-refractivity contribution in [2.24, 2.45) is 5.92 Å². The molecule has 2 heteroatoms. The molecule has 0 aromatic rings. The van der Waals surface area contributed by atoms with Gasteiger partial charge in [-0.3, -0.25) is 4.79 Å². The van der Waals surface area contributed by atoms with E-state index >= 15 is 0 Å². The molecule has 0 aliphatic carbocycles. The van der Waals surface area contributed by atoms with Gasteiger partial charge in [-0.2, -0.15) is 0 Å². The quantitative estimate of drug-likeness (QED) is 0.467. The van der Waals surface area contributed by atoms with Crippen LogP contribution in [-0.2, 0) is 4.79 Å². The minimum absolute atomic E-state index is 0.182. The van der Waals surface area contributed by atoms with Crippen LogP contribution in [0.5, 0.6) is 0 Å². The lowest BCUT2D eigenvalue weighted by Crippen LogP contribution is -2.25. The fraction of sp³-hybridized carbons (Fsp3) is 0.714. The molecule has 1 saturated heterocycles. The van der Waals surface area contributed by atoms with Crippen LogP contribution in [0.25, 0.3) is 0 Å². The summed E-state index contributed by atoms with van der Waals surface area (Å²) in [5, 5.41) is 0. The molecular weight excluding hydrogens is 114 g/mol. The molecule has 1 fully saturated rings. The van der Waals surface area contributed by atoms with Crippen molar-refractivity contribution in [1.82, 2.24) is 4.90 Å². The van der Waals surface area contributed by atoms with E-state index in [1.807, 2.05) is 4.90 Å². The highest BCUT2D eigenvalue weighted by molar-refractivity contribution is 5.73. The van der Waals surface area contributed by atoms with Crippen LogP contribution < -0.4 is 0 Å². The van der Waals surface area contributed by atoms with E-state index in [4.69, 9.17) is 0 Å². The Balaban J connectivity index is 2.39. The van der Waals surface area contributed by atoms with Crippen LogP contribution in [0.2, 0.25) is 0 Å². The van der Waals surface area contributed by atoms with Crippen molar-refractivity contribution >= 4 is 5.91 Å². The highest BCUT2D eigenvalue weighted by Gasteiger charge is 2.19. The number of rotatable bonds is 0. The Morgan fingerprint density at radius 3 is 2.67 bits per heavy atom. The lowest BCUT2D eigenvalue weighted by molar-refractivity contribution is -0.127. The molecule has 2 nitrogen and oxygen atoms in total. The van der Waals surface area contributed by atoms with Gasteiger partial charge in [0.05, 0.1) is 0 Å². The summed E-state index contributed by atoms with van der Waals surface area (Å²) in [7, 11) is 0. The zero-order valence-corrected chi connectivity index (χ0v) is 5.76. The maximum absolute atomic E-state index is 10.7. The summed E-state index contributed by atoms with van der Waals surface area (Å²) in [5.41, 5.74) is 0.